The lowest BCUT2D eigenvalue weighted by Crippen LogP contribution is -2.55. The molecule has 118 valence electrons. The van der Waals surface area contributed by atoms with Gasteiger partial charge in [0.05, 0.1) is 5.54 Å². The molecule has 3 N–H and O–H groups in total. The average molecular weight is 283 g/mol. The van der Waals surface area contributed by atoms with Crippen molar-refractivity contribution in [3.05, 3.63) is 0 Å². The lowest BCUT2D eigenvalue weighted by Gasteiger charge is -2.37. The summed E-state index contributed by atoms with van der Waals surface area (Å²) in [5.74, 6) is 0.603. The second-order valence-electron chi connectivity index (χ2n) is 7.11. The molecular weight excluding hydrogens is 250 g/mol. The molecule has 0 aliphatic carbocycles. The molecule has 0 bridgehead atoms. The third-order valence-corrected chi connectivity index (χ3v) is 4.55. The maximum Gasteiger partial charge on any atom is 0.237 e. The van der Waals surface area contributed by atoms with E-state index < -0.39 is 5.54 Å². The van der Waals surface area contributed by atoms with Crippen molar-refractivity contribution in [3.8, 4) is 0 Å². The van der Waals surface area contributed by atoms with Crippen molar-refractivity contribution in [2.45, 2.75) is 77.9 Å². The SMILES string of the molecule is CC1CCN(CCCC(C)(NC(C)C)C(N)=O)C(C)C1. The zero-order valence-electron chi connectivity index (χ0n) is 13.9. The van der Waals surface area contributed by atoms with Crippen LogP contribution < -0.4 is 11.1 Å². The van der Waals surface area contributed by atoms with Crippen LogP contribution in [0.5, 0.6) is 0 Å². The van der Waals surface area contributed by atoms with Crippen LogP contribution in [0.25, 0.3) is 0 Å². The second kappa shape index (κ2) is 7.41. The van der Waals surface area contributed by atoms with Crippen LogP contribution in [0, 0.1) is 5.92 Å². The molecule has 1 rings (SSSR count). The van der Waals surface area contributed by atoms with Gasteiger partial charge in [0, 0.05) is 12.1 Å². The Morgan fingerprint density at radius 1 is 1.45 bits per heavy atom. The predicted molar refractivity (Wildman–Crippen MR) is 84.5 cm³/mol. The minimum Gasteiger partial charge on any atom is -0.368 e. The molecule has 0 aromatic heterocycles. The number of rotatable bonds is 7. The molecule has 4 heteroatoms. The van der Waals surface area contributed by atoms with E-state index >= 15 is 0 Å². The van der Waals surface area contributed by atoms with E-state index in [1.807, 2.05) is 6.92 Å². The summed E-state index contributed by atoms with van der Waals surface area (Å²) < 4.78 is 0. The molecule has 3 unspecified atom stereocenters. The van der Waals surface area contributed by atoms with Gasteiger partial charge in [0.25, 0.3) is 0 Å². The van der Waals surface area contributed by atoms with Gasteiger partial charge in [-0.05, 0) is 72.4 Å². The highest BCUT2D eigenvalue weighted by Gasteiger charge is 2.31. The van der Waals surface area contributed by atoms with Crippen LogP contribution in [0.1, 0.15) is 60.3 Å². The molecule has 1 heterocycles. The van der Waals surface area contributed by atoms with Crippen molar-refractivity contribution in [2.75, 3.05) is 13.1 Å². The van der Waals surface area contributed by atoms with Crippen LogP contribution in [0.3, 0.4) is 0 Å². The Bertz CT molecular complexity index is 319. The summed E-state index contributed by atoms with van der Waals surface area (Å²) in [7, 11) is 0. The third kappa shape index (κ3) is 5.06. The fourth-order valence-corrected chi connectivity index (χ4v) is 3.33. The fraction of sp³-hybridized carbons (Fsp3) is 0.938. The number of piperidine rings is 1. The molecule has 1 aliphatic heterocycles. The Morgan fingerprint density at radius 3 is 2.60 bits per heavy atom. The van der Waals surface area contributed by atoms with Crippen molar-refractivity contribution < 1.29 is 4.79 Å². The normalized spacial score (nSPS) is 27.5. The van der Waals surface area contributed by atoms with Crippen molar-refractivity contribution in [2.24, 2.45) is 11.7 Å². The first-order valence-electron chi connectivity index (χ1n) is 8.06. The van der Waals surface area contributed by atoms with Gasteiger partial charge < -0.3 is 16.0 Å². The van der Waals surface area contributed by atoms with Gasteiger partial charge in [0.1, 0.15) is 0 Å². The standard InChI is InChI=1S/C16H33N3O/c1-12(2)18-16(5,15(17)20)8-6-9-19-10-7-13(3)11-14(19)4/h12-14,18H,6-11H2,1-5H3,(H2,17,20). The van der Waals surface area contributed by atoms with Crippen molar-refractivity contribution >= 4 is 5.91 Å². The maximum atomic E-state index is 11.7. The first-order valence-corrected chi connectivity index (χ1v) is 8.06. The quantitative estimate of drug-likeness (QED) is 0.752. The van der Waals surface area contributed by atoms with Gasteiger partial charge in [-0.1, -0.05) is 6.92 Å². The number of hydrogen-bond donors (Lipinski definition) is 2. The molecule has 0 saturated carbocycles. The monoisotopic (exact) mass is 283 g/mol. The number of nitrogens with one attached hydrogen (secondary N) is 1. The summed E-state index contributed by atoms with van der Waals surface area (Å²) in [6.45, 7) is 12.9. The molecule has 4 nitrogen and oxygen atoms in total. The second-order valence-corrected chi connectivity index (χ2v) is 7.11. The molecule has 3 atom stereocenters. The van der Waals surface area contributed by atoms with Crippen LogP contribution in [-0.2, 0) is 4.79 Å². The highest BCUT2D eigenvalue weighted by atomic mass is 16.1. The predicted octanol–water partition coefficient (Wildman–Crippen LogP) is 2.13. The van der Waals surface area contributed by atoms with E-state index in [-0.39, 0.29) is 11.9 Å². The number of amides is 1. The van der Waals surface area contributed by atoms with E-state index in [1.165, 1.54) is 19.4 Å². The summed E-state index contributed by atoms with van der Waals surface area (Å²) in [4.78, 5) is 14.2. The zero-order valence-corrected chi connectivity index (χ0v) is 13.9. The molecule has 1 amide bonds. The van der Waals surface area contributed by atoms with E-state index in [0.717, 1.165) is 25.3 Å². The Labute approximate surface area is 124 Å². The Morgan fingerprint density at radius 2 is 2.10 bits per heavy atom. The van der Waals surface area contributed by atoms with Gasteiger partial charge in [-0.25, -0.2) is 0 Å². The van der Waals surface area contributed by atoms with Crippen LogP contribution >= 0.6 is 0 Å². The minimum absolute atomic E-state index is 0.244. The van der Waals surface area contributed by atoms with Gasteiger partial charge in [0.2, 0.25) is 5.91 Å². The number of primary amides is 1. The van der Waals surface area contributed by atoms with Gasteiger partial charge in [0.15, 0.2) is 0 Å². The molecule has 0 radical (unpaired) electrons. The summed E-state index contributed by atoms with van der Waals surface area (Å²) in [6.07, 6.45) is 4.40. The Hall–Kier alpha value is -0.610. The van der Waals surface area contributed by atoms with Crippen LogP contribution in [-0.4, -0.2) is 41.5 Å². The first-order chi connectivity index (χ1) is 9.24. The molecule has 1 aliphatic rings. The van der Waals surface area contributed by atoms with Gasteiger partial charge in [-0.2, -0.15) is 0 Å². The van der Waals surface area contributed by atoms with E-state index in [9.17, 15) is 4.79 Å². The summed E-state index contributed by atoms with van der Waals surface area (Å²) in [6, 6.07) is 0.930. The van der Waals surface area contributed by atoms with Crippen LogP contribution in [0.4, 0.5) is 0 Å². The lowest BCUT2D eigenvalue weighted by atomic mass is 9.91. The van der Waals surface area contributed by atoms with Crippen molar-refractivity contribution in [1.29, 1.82) is 0 Å². The fourth-order valence-electron chi connectivity index (χ4n) is 3.33. The molecule has 1 saturated heterocycles. The van der Waals surface area contributed by atoms with Crippen LogP contribution in [0.15, 0.2) is 0 Å². The van der Waals surface area contributed by atoms with Crippen LogP contribution in [0.2, 0.25) is 0 Å². The number of nitrogens with two attached hydrogens (primary N) is 1. The minimum atomic E-state index is -0.583. The number of likely N-dealkylation sites (tertiary alicyclic amines) is 1. The Balaban J connectivity index is 2.43. The number of nitrogens with zero attached hydrogens (tertiary/aromatic N) is 1. The third-order valence-electron chi connectivity index (χ3n) is 4.55. The van der Waals surface area contributed by atoms with E-state index in [2.05, 4.69) is 37.9 Å². The van der Waals surface area contributed by atoms with E-state index in [1.54, 1.807) is 0 Å². The highest BCUT2D eigenvalue weighted by molar-refractivity contribution is 5.84. The molecule has 0 aromatic rings. The summed E-state index contributed by atoms with van der Waals surface area (Å²) >= 11 is 0. The van der Waals surface area contributed by atoms with Gasteiger partial charge in [-0.15, -0.1) is 0 Å². The van der Waals surface area contributed by atoms with E-state index in [4.69, 9.17) is 5.73 Å². The largest absolute Gasteiger partial charge is 0.368 e. The number of carbonyl (C=O) groups is 1. The lowest BCUT2D eigenvalue weighted by molar-refractivity contribution is -0.124. The first kappa shape index (κ1) is 17.4. The molecule has 0 aromatic carbocycles. The topological polar surface area (TPSA) is 58.4 Å². The summed E-state index contributed by atoms with van der Waals surface area (Å²) in [5, 5.41) is 3.32. The summed E-state index contributed by atoms with van der Waals surface area (Å²) in [5.41, 5.74) is 4.99. The van der Waals surface area contributed by atoms with Crippen molar-refractivity contribution in [3.63, 3.8) is 0 Å². The smallest absolute Gasteiger partial charge is 0.237 e. The Kier molecular flexibility index (Phi) is 6.46. The maximum absolute atomic E-state index is 11.7. The molecule has 0 spiro atoms. The highest BCUT2D eigenvalue weighted by Crippen LogP contribution is 2.23. The number of hydrogen-bond acceptors (Lipinski definition) is 3. The van der Waals surface area contributed by atoms with Crippen molar-refractivity contribution in [1.82, 2.24) is 10.2 Å². The average Bonchev–Trinajstić information content (AvgIpc) is 2.30. The van der Waals surface area contributed by atoms with Gasteiger partial charge >= 0.3 is 0 Å². The zero-order chi connectivity index (χ0) is 15.3. The number of carbonyl (C=O) groups excluding carboxylic acids is 1. The molecular formula is C16H33N3O. The molecule has 1 fully saturated rings. The van der Waals surface area contributed by atoms with Gasteiger partial charge in [-0.3, -0.25) is 4.79 Å². The van der Waals surface area contributed by atoms with E-state index in [0.29, 0.717) is 6.04 Å². The molecule has 20 heavy (non-hydrogen) atoms.